The number of anilines is 3. The fraction of sp³-hybridized carbons (Fsp3) is 0.280. The molecule has 0 spiro atoms. The Kier molecular flexibility index (Phi) is 6.47. The average Bonchev–Trinajstić information content (AvgIpc) is 3.58. The fourth-order valence-corrected chi connectivity index (χ4v) is 3.86. The summed E-state index contributed by atoms with van der Waals surface area (Å²) in [4.78, 5) is 33.7. The van der Waals surface area contributed by atoms with Crippen LogP contribution in [0.1, 0.15) is 46.4 Å². The summed E-state index contributed by atoms with van der Waals surface area (Å²) in [6.45, 7) is 1.90. The van der Waals surface area contributed by atoms with Crippen molar-refractivity contribution >= 4 is 28.8 Å². The van der Waals surface area contributed by atoms with Gasteiger partial charge in [0.25, 0.3) is 0 Å². The monoisotopic (exact) mass is 483 g/mol. The maximum Gasteiger partial charge on any atom is 0.418 e. The van der Waals surface area contributed by atoms with Crippen LogP contribution in [0.4, 0.5) is 30.2 Å². The molecular formula is C25H24F3N5O2. The highest BCUT2D eigenvalue weighted by Gasteiger charge is 2.51. The number of carbonyl (C=O) groups excluding carboxylic acids is 2. The number of hydrogen-bond acceptors (Lipinski definition) is 6. The second-order valence-corrected chi connectivity index (χ2v) is 8.73. The van der Waals surface area contributed by atoms with E-state index in [9.17, 15) is 22.8 Å². The number of para-hydroxylation sites is 1. The summed E-state index contributed by atoms with van der Waals surface area (Å²) in [5.74, 6) is -0.425. The molecule has 35 heavy (non-hydrogen) atoms. The highest BCUT2D eigenvalue weighted by atomic mass is 19.4. The number of benzene rings is 1. The molecule has 4 rings (SSSR count). The Morgan fingerprint density at radius 1 is 1.11 bits per heavy atom. The van der Waals surface area contributed by atoms with Gasteiger partial charge in [0.05, 0.1) is 46.5 Å². The normalized spacial score (nSPS) is 14.3. The lowest BCUT2D eigenvalue weighted by Crippen LogP contribution is -2.33. The zero-order valence-corrected chi connectivity index (χ0v) is 18.9. The lowest BCUT2D eigenvalue weighted by atomic mass is 9.95. The molecule has 7 nitrogen and oxygen atoms in total. The van der Waals surface area contributed by atoms with E-state index in [0.717, 1.165) is 6.07 Å². The van der Waals surface area contributed by atoms with E-state index < -0.39 is 17.2 Å². The van der Waals surface area contributed by atoms with Gasteiger partial charge in [0.15, 0.2) is 5.78 Å². The van der Waals surface area contributed by atoms with Crippen LogP contribution in [-0.4, -0.2) is 21.7 Å². The quantitative estimate of drug-likeness (QED) is 0.397. The number of alkyl halides is 3. The number of nitrogen functional groups attached to an aromatic ring is 1. The maximum absolute atomic E-state index is 13.2. The van der Waals surface area contributed by atoms with Crippen LogP contribution in [0.3, 0.4) is 0 Å². The minimum Gasteiger partial charge on any atom is -0.397 e. The van der Waals surface area contributed by atoms with Gasteiger partial charge in [0, 0.05) is 24.4 Å². The Morgan fingerprint density at radius 3 is 2.51 bits per heavy atom. The van der Waals surface area contributed by atoms with E-state index in [4.69, 9.17) is 5.73 Å². The SMILES string of the molecule is Cc1cc(Nc2ccccc2C(F)(F)F)cnc1CNC(=O)C1(CC(=O)c2cncc(N)c2)CC1. The summed E-state index contributed by atoms with van der Waals surface area (Å²) in [5, 5.41) is 5.61. The van der Waals surface area contributed by atoms with Crippen molar-refractivity contribution in [3.63, 3.8) is 0 Å². The first kappa shape index (κ1) is 24.2. The molecule has 0 radical (unpaired) electrons. The Bertz CT molecular complexity index is 1270. The highest BCUT2D eigenvalue weighted by Crippen LogP contribution is 2.49. The molecule has 1 aromatic carbocycles. The Balaban J connectivity index is 1.38. The van der Waals surface area contributed by atoms with Gasteiger partial charge in [-0.05, 0) is 49.6 Å². The maximum atomic E-state index is 13.2. The van der Waals surface area contributed by atoms with E-state index in [1.54, 1.807) is 19.1 Å². The standard InChI is InChI=1S/C25H24F3N5O2/c1-15-8-18(33-20-5-3-2-4-19(20)25(26,27)28)13-31-21(15)14-32-23(35)24(6-7-24)10-22(34)16-9-17(29)12-30-11-16/h2-5,8-9,11-13,33H,6-7,10,14,29H2,1H3,(H,32,35). The first-order chi connectivity index (χ1) is 16.6. The number of nitrogens with two attached hydrogens (primary N) is 1. The molecule has 0 unspecified atom stereocenters. The number of rotatable bonds is 8. The number of halogens is 3. The number of amides is 1. The molecular weight excluding hydrogens is 459 g/mol. The smallest absolute Gasteiger partial charge is 0.397 e. The van der Waals surface area contributed by atoms with Crippen LogP contribution in [0.25, 0.3) is 0 Å². The van der Waals surface area contributed by atoms with Crippen molar-refractivity contribution in [2.24, 2.45) is 5.41 Å². The molecule has 182 valence electrons. The molecule has 4 N–H and O–H groups in total. The number of aryl methyl sites for hydroxylation is 1. The summed E-state index contributed by atoms with van der Waals surface area (Å²) in [7, 11) is 0. The predicted octanol–water partition coefficient (Wildman–Crippen LogP) is 4.80. The first-order valence-electron chi connectivity index (χ1n) is 11.0. The van der Waals surface area contributed by atoms with E-state index in [2.05, 4.69) is 20.6 Å². The van der Waals surface area contributed by atoms with E-state index in [-0.39, 0.29) is 30.3 Å². The summed E-state index contributed by atoms with van der Waals surface area (Å²) in [5.41, 5.74) is 6.52. The van der Waals surface area contributed by atoms with Gasteiger partial charge >= 0.3 is 6.18 Å². The largest absolute Gasteiger partial charge is 0.418 e. The van der Waals surface area contributed by atoms with Crippen molar-refractivity contribution < 1.29 is 22.8 Å². The lowest BCUT2D eigenvalue weighted by Gasteiger charge is -2.17. The van der Waals surface area contributed by atoms with Gasteiger partial charge in [-0.15, -0.1) is 0 Å². The van der Waals surface area contributed by atoms with Gasteiger partial charge in [-0.1, -0.05) is 12.1 Å². The second-order valence-electron chi connectivity index (χ2n) is 8.73. The highest BCUT2D eigenvalue weighted by molar-refractivity contribution is 6.01. The number of nitrogens with zero attached hydrogens (tertiary/aromatic N) is 2. The van der Waals surface area contributed by atoms with Crippen LogP contribution < -0.4 is 16.4 Å². The molecule has 0 atom stereocenters. The predicted molar refractivity (Wildman–Crippen MR) is 125 cm³/mol. The molecule has 0 saturated heterocycles. The summed E-state index contributed by atoms with van der Waals surface area (Å²) < 4.78 is 39.7. The molecule has 1 amide bonds. The topological polar surface area (TPSA) is 110 Å². The van der Waals surface area contributed by atoms with E-state index in [1.165, 1.54) is 36.8 Å². The van der Waals surface area contributed by atoms with Gasteiger partial charge in [-0.3, -0.25) is 19.6 Å². The second kappa shape index (κ2) is 9.36. The number of Topliss-reactive ketones (excluding diaryl/α,β-unsaturated/α-hetero) is 1. The van der Waals surface area contributed by atoms with Crippen molar-refractivity contribution in [2.75, 3.05) is 11.1 Å². The van der Waals surface area contributed by atoms with Gasteiger partial charge in [0.1, 0.15) is 0 Å². The molecule has 0 aliphatic heterocycles. The molecule has 1 saturated carbocycles. The fourth-order valence-electron chi connectivity index (χ4n) is 3.86. The third kappa shape index (κ3) is 5.59. The van der Waals surface area contributed by atoms with Crippen LogP contribution >= 0.6 is 0 Å². The molecule has 1 fully saturated rings. The third-order valence-corrected chi connectivity index (χ3v) is 6.03. The summed E-state index contributed by atoms with van der Waals surface area (Å²) in [6.07, 6.45) is 1.09. The molecule has 1 aliphatic rings. The first-order valence-corrected chi connectivity index (χ1v) is 11.0. The Labute approximate surface area is 200 Å². The van der Waals surface area contributed by atoms with Crippen LogP contribution in [-0.2, 0) is 17.5 Å². The van der Waals surface area contributed by atoms with Crippen molar-refractivity contribution in [1.29, 1.82) is 0 Å². The number of nitrogens with one attached hydrogen (secondary N) is 2. The Hall–Kier alpha value is -3.95. The van der Waals surface area contributed by atoms with Gasteiger partial charge < -0.3 is 16.4 Å². The number of pyridine rings is 2. The number of hydrogen-bond donors (Lipinski definition) is 3. The van der Waals surface area contributed by atoms with Crippen molar-refractivity contribution in [3.8, 4) is 0 Å². The van der Waals surface area contributed by atoms with Crippen LogP contribution in [0.2, 0.25) is 0 Å². The average molecular weight is 483 g/mol. The van der Waals surface area contributed by atoms with Crippen LogP contribution in [0, 0.1) is 12.3 Å². The zero-order chi connectivity index (χ0) is 25.2. The summed E-state index contributed by atoms with van der Waals surface area (Å²) in [6, 6.07) is 8.42. The lowest BCUT2D eigenvalue weighted by molar-refractivity contribution is -0.137. The number of ketones is 1. The molecule has 2 heterocycles. The minimum atomic E-state index is -4.49. The molecule has 1 aliphatic carbocycles. The van der Waals surface area contributed by atoms with Crippen molar-refractivity contribution in [1.82, 2.24) is 15.3 Å². The zero-order valence-electron chi connectivity index (χ0n) is 18.9. The van der Waals surface area contributed by atoms with Gasteiger partial charge in [-0.2, -0.15) is 13.2 Å². The van der Waals surface area contributed by atoms with Crippen molar-refractivity contribution in [2.45, 2.75) is 38.9 Å². The summed E-state index contributed by atoms with van der Waals surface area (Å²) >= 11 is 0. The van der Waals surface area contributed by atoms with E-state index >= 15 is 0 Å². The molecule has 0 bridgehead atoms. The van der Waals surface area contributed by atoms with Gasteiger partial charge in [0.2, 0.25) is 5.91 Å². The van der Waals surface area contributed by atoms with E-state index in [0.29, 0.717) is 41.0 Å². The third-order valence-electron chi connectivity index (χ3n) is 6.03. The van der Waals surface area contributed by atoms with Crippen LogP contribution in [0.5, 0.6) is 0 Å². The Morgan fingerprint density at radius 2 is 1.86 bits per heavy atom. The molecule has 2 aromatic heterocycles. The molecule has 10 heteroatoms. The van der Waals surface area contributed by atoms with Gasteiger partial charge in [-0.25, -0.2) is 0 Å². The van der Waals surface area contributed by atoms with Crippen molar-refractivity contribution in [3.05, 3.63) is 77.4 Å². The number of carbonyl (C=O) groups is 2. The van der Waals surface area contributed by atoms with E-state index in [1.807, 2.05) is 0 Å². The molecule has 3 aromatic rings. The minimum absolute atomic E-state index is 0.0673. The number of aromatic nitrogens is 2. The van der Waals surface area contributed by atoms with Crippen LogP contribution in [0.15, 0.2) is 55.0 Å².